The van der Waals surface area contributed by atoms with Gasteiger partial charge in [-0.1, -0.05) is 45.2 Å². The maximum absolute atomic E-state index is 11.7. The Bertz CT molecular complexity index is 763. The number of rotatable bonds is 3. The Morgan fingerprint density at radius 1 is 1.27 bits per heavy atom. The van der Waals surface area contributed by atoms with E-state index in [0.717, 1.165) is 5.56 Å². The van der Waals surface area contributed by atoms with Crippen LogP contribution in [0.5, 0.6) is 0 Å². The van der Waals surface area contributed by atoms with Crippen molar-refractivity contribution in [3.05, 3.63) is 56.0 Å². The van der Waals surface area contributed by atoms with E-state index in [2.05, 4.69) is 20.9 Å². The van der Waals surface area contributed by atoms with Crippen molar-refractivity contribution < 1.29 is 9.53 Å². The highest BCUT2D eigenvalue weighted by Gasteiger charge is 2.14. The van der Waals surface area contributed by atoms with Crippen LogP contribution in [0, 0.1) is 0 Å². The van der Waals surface area contributed by atoms with Crippen molar-refractivity contribution in [2.45, 2.75) is 0 Å². The number of carbonyl (C=O) groups is 1. The first-order chi connectivity index (χ1) is 10.4. The number of nitrogens with zero attached hydrogens (tertiary/aromatic N) is 1. The molecule has 0 atom stereocenters. The number of anilines is 1. The van der Waals surface area contributed by atoms with Crippen LogP contribution >= 0.6 is 39.1 Å². The van der Waals surface area contributed by atoms with E-state index >= 15 is 0 Å². The van der Waals surface area contributed by atoms with E-state index < -0.39 is 5.97 Å². The normalized spacial score (nSPS) is 10.9. The van der Waals surface area contributed by atoms with Gasteiger partial charge in [-0.3, -0.25) is 4.99 Å². The first-order valence-corrected chi connectivity index (χ1v) is 7.63. The second-order valence-electron chi connectivity index (χ2n) is 4.31. The molecule has 0 aliphatic carbocycles. The zero-order valence-corrected chi connectivity index (χ0v) is 14.5. The quantitative estimate of drug-likeness (QED) is 0.453. The number of nitrogen functional groups attached to an aromatic ring is 1. The van der Waals surface area contributed by atoms with Gasteiger partial charge in [0.15, 0.2) is 0 Å². The van der Waals surface area contributed by atoms with Gasteiger partial charge in [0.2, 0.25) is 0 Å². The summed E-state index contributed by atoms with van der Waals surface area (Å²) in [6.45, 7) is 0. The number of carbonyl (C=O) groups excluding carboxylic acids is 1. The Morgan fingerprint density at radius 3 is 2.64 bits per heavy atom. The molecule has 2 aromatic carbocycles. The molecule has 2 rings (SSSR count). The summed E-state index contributed by atoms with van der Waals surface area (Å²) in [6, 6.07) is 8.42. The van der Waals surface area contributed by atoms with Gasteiger partial charge in [-0.05, 0) is 29.8 Å². The molecule has 0 spiro atoms. The highest BCUT2D eigenvalue weighted by Crippen LogP contribution is 2.31. The first-order valence-electron chi connectivity index (χ1n) is 6.09. The van der Waals surface area contributed by atoms with Gasteiger partial charge in [-0.15, -0.1) is 0 Å². The number of ether oxygens (including phenoxy) is 1. The fourth-order valence-corrected chi connectivity index (χ4v) is 2.48. The zero-order chi connectivity index (χ0) is 16.3. The Hall–Kier alpha value is -1.56. The summed E-state index contributed by atoms with van der Waals surface area (Å²) in [5.74, 6) is -0.523. The van der Waals surface area contributed by atoms with Crippen molar-refractivity contribution in [3.8, 4) is 0 Å². The lowest BCUT2D eigenvalue weighted by molar-refractivity contribution is 0.0602. The third-order valence-corrected chi connectivity index (χ3v) is 4.02. The average molecular weight is 402 g/mol. The van der Waals surface area contributed by atoms with Crippen LogP contribution in [0.25, 0.3) is 0 Å². The van der Waals surface area contributed by atoms with Crippen LogP contribution in [-0.2, 0) is 4.74 Å². The number of hydrogen-bond donors (Lipinski definition) is 1. The van der Waals surface area contributed by atoms with E-state index in [9.17, 15) is 4.79 Å². The van der Waals surface area contributed by atoms with Crippen LogP contribution in [0.15, 0.2) is 39.8 Å². The van der Waals surface area contributed by atoms with E-state index in [-0.39, 0.29) is 11.3 Å². The number of methoxy groups -OCH3 is 1. The predicted octanol–water partition coefficient (Wildman–Crippen LogP) is 4.88. The van der Waals surface area contributed by atoms with Crippen molar-refractivity contribution in [2.24, 2.45) is 4.99 Å². The van der Waals surface area contributed by atoms with Crippen LogP contribution in [-0.4, -0.2) is 19.3 Å². The second-order valence-corrected chi connectivity index (χ2v) is 6.04. The number of halogens is 3. The molecular weight excluding hydrogens is 391 g/mol. The van der Waals surface area contributed by atoms with Crippen LogP contribution in [0.2, 0.25) is 10.0 Å². The van der Waals surface area contributed by atoms with Crippen LogP contribution in [0.1, 0.15) is 15.9 Å². The minimum Gasteiger partial charge on any atom is -0.465 e. The predicted molar refractivity (Wildman–Crippen MR) is 93.6 cm³/mol. The van der Waals surface area contributed by atoms with Gasteiger partial charge >= 0.3 is 5.97 Å². The molecule has 0 aliphatic rings. The monoisotopic (exact) mass is 400 g/mol. The van der Waals surface area contributed by atoms with E-state index in [1.807, 2.05) is 0 Å². The molecular formula is C15H11BrCl2N2O2. The number of aliphatic imine (C=N–C) groups is 1. The summed E-state index contributed by atoms with van der Waals surface area (Å²) in [7, 11) is 1.29. The SMILES string of the molecule is COC(=O)c1cc(Br)cc(N=Cc2ccc(Cl)c(Cl)c2)c1N. The lowest BCUT2D eigenvalue weighted by atomic mass is 10.1. The molecule has 0 amide bonds. The van der Waals surface area contributed by atoms with Gasteiger partial charge in [-0.25, -0.2) is 4.79 Å². The molecule has 7 heteroatoms. The third-order valence-electron chi connectivity index (χ3n) is 2.82. The lowest BCUT2D eigenvalue weighted by Gasteiger charge is -2.07. The highest BCUT2D eigenvalue weighted by molar-refractivity contribution is 9.10. The zero-order valence-electron chi connectivity index (χ0n) is 11.4. The van der Waals surface area contributed by atoms with Crippen molar-refractivity contribution in [2.75, 3.05) is 12.8 Å². The molecule has 0 bridgehead atoms. The molecule has 2 aromatic rings. The van der Waals surface area contributed by atoms with Gasteiger partial charge in [0.05, 0.1) is 34.1 Å². The molecule has 0 aliphatic heterocycles. The maximum Gasteiger partial charge on any atom is 0.340 e. The molecule has 0 saturated carbocycles. The Kier molecular flexibility index (Phi) is 5.45. The van der Waals surface area contributed by atoms with E-state index in [1.165, 1.54) is 7.11 Å². The number of nitrogens with two attached hydrogens (primary N) is 1. The average Bonchev–Trinajstić information content (AvgIpc) is 2.50. The number of esters is 1. The van der Waals surface area contributed by atoms with Crippen molar-refractivity contribution in [1.82, 2.24) is 0 Å². The maximum atomic E-state index is 11.7. The van der Waals surface area contributed by atoms with Crippen LogP contribution in [0.4, 0.5) is 11.4 Å². The molecule has 0 radical (unpaired) electrons. The van der Waals surface area contributed by atoms with Gasteiger partial charge < -0.3 is 10.5 Å². The van der Waals surface area contributed by atoms with Crippen molar-refractivity contribution in [1.29, 1.82) is 0 Å². The largest absolute Gasteiger partial charge is 0.465 e. The van der Waals surface area contributed by atoms with Gasteiger partial charge in [0, 0.05) is 10.7 Å². The Labute approximate surface area is 146 Å². The first kappa shape index (κ1) is 16.8. The smallest absolute Gasteiger partial charge is 0.340 e. The van der Waals surface area contributed by atoms with Crippen LogP contribution < -0.4 is 5.73 Å². The van der Waals surface area contributed by atoms with Crippen LogP contribution in [0.3, 0.4) is 0 Å². The van der Waals surface area contributed by atoms with Gasteiger partial charge in [-0.2, -0.15) is 0 Å². The minimum absolute atomic E-state index is 0.242. The Morgan fingerprint density at radius 2 is 2.00 bits per heavy atom. The molecule has 4 nitrogen and oxygen atoms in total. The van der Waals surface area contributed by atoms with Crippen molar-refractivity contribution in [3.63, 3.8) is 0 Å². The molecule has 22 heavy (non-hydrogen) atoms. The molecule has 2 N–H and O–H groups in total. The van der Waals surface area contributed by atoms with E-state index in [4.69, 9.17) is 33.7 Å². The highest BCUT2D eigenvalue weighted by atomic mass is 79.9. The number of benzene rings is 2. The summed E-state index contributed by atoms with van der Waals surface area (Å²) >= 11 is 15.1. The van der Waals surface area contributed by atoms with E-state index in [1.54, 1.807) is 36.5 Å². The second kappa shape index (κ2) is 7.13. The summed E-state index contributed by atoms with van der Waals surface area (Å²) in [5, 5.41) is 0.900. The summed E-state index contributed by atoms with van der Waals surface area (Å²) in [5.41, 5.74) is 7.66. The van der Waals surface area contributed by atoms with Gasteiger partial charge in [0.25, 0.3) is 0 Å². The molecule has 0 unspecified atom stereocenters. The summed E-state index contributed by atoms with van der Waals surface area (Å²) in [6.07, 6.45) is 1.58. The van der Waals surface area contributed by atoms with Gasteiger partial charge in [0.1, 0.15) is 0 Å². The van der Waals surface area contributed by atoms with Crippen molar-refractivity contribution >= 4 is 62.7 Å². The fraction of sp³-hybridized carbons (Fsp3) is 0.0667. The molecule has 0 aromatic heterocycles. The molecule has 114 valence electrons. The topological polar surface area (TPSA) is 64.7 Å². The minimum atomic E-state index is -0.523. The third kappa shape index (κ3) is 3.80. The Balaban J connectivity index is 2.40. The number of hydrogen-bond acceptors (Lipinski definition) is 4. The molecule has 0 saturated heterocycles. The standard InChI is InChI=1S/C15H11BrCl2N2O2/c1-22-15(21)10-5-9(16)6-13(14(10)19)20-7-8-2-3-11(17)12(18)4-8/h2-7H,19H2,1H3. The fourth-order valence-electron chi connectivity index (χ4n) is 1.73. The summed E-state index contributed by atoms with van der Waals surface area (Å²) in [4.78, 5) is 16.0. The summed E-state index contributed by atoms with van der Waals surface area (Å²) < 4.78 is 5.36. The van der Waals surface area contributed by atoms with E-state index in [0.29, 0.717) is 20.2 Å². The molecule has 0 fully saturated rings. The molecule has 0 heterocycles. The lowest BCUT2D eigenvalue weighted by Crippen LogP contribution is -2.05.